The molecule has 0 heterocycles. The summed E-state index contributed by atoms with van der Waals surface area (Å²) in [4.78, 5) is 11.2. The molecule has 13 heavy (non-hydrogen) atoms. The lowest BCUT2D eigenvalue weighted by Crippen LogP contribution is -2.36. The highest BCUT2D eigenvalue weighted by Crippen LogP contribution is 2.28. The van der Waals surface area contributed by atoms with Gasteiger partial charge in [-0.2, -0.15) is 0 Å². The van der Waals surface area contributed by atoms with E-state index < -0.39 is 0 Å². The van der Waals surface area contributed by atoms with E-state index >= 15 is 0 Å². The fourth-order valence-corrected chi connectivity index (χ4v) is 1.16. The van der Waals surface area contributed by atoms with Crippen molar-refractivity contribution in [3.8, 4) is 0 Å². The first-order chi connectivity index (χ1) is 6.24. The van der Waals surface area contributed by atoms with Gasteiger partial charge in [-0.25, -0.2) is 0 Å². The zero-order valence-corrected chi connectivity index (χ0v) is 8.30. The van der Waals surface area contributed by atoms with Crippen LogP contribution in [0.3, 0.4) is 0 Å². The molecule has 0 aliphatic heterocycles. The van der Waals surface area contributed by atoms with Crippen LogP contribution in [-0.4, -0.2) is 38.8 Å². The molecular formula is C9H18N2O2. The lowest BCUT2D eigenvalue weighted by Gasteiger charge is -2.04. The summed E-state index contributed by atoms with van der Waals surface area (Å²) < 4.78 is 4.84. The molecule has 1 amide bonds. The monoisotopic (exact) mass is 186 g/mol. The van der Waals surface area contributed by atoms with Crippen LogP contribution in [0.2, 0.25) is 0 Å². The third-order valence-electron chi connectivity index (χ3n) is 2.22. The third-order valence-corrected chi connectivity index (χ3v) is 2.22. The van der Waals surface area contributed by atoms with Crippen LogP contribution in [0, 0.1) is 5.92 Å². The van der Waals surface area contributed by atoms with E-state index in [-0.39, 0.29) is 5.91 Å². The van der Waals surface area contributed by atoms with E-state index in [9.17, 15) is 4.79 Å². The molecule has 0 spiro atoms. The van der Waals surface area contributed by atoms with Crippen LogP contribution < -0.4 is 10.6 Å². The molecule has 0 radical (unpaired) electrons. The van der Waals surface area contributed by atoms with Gasteiger partial charge >= 0.3 is 0 Å². The van der Waals surface area contributed by atoms with Gasteiger partial charge in [0.05, 0.1) is 13.2 Å². The molecule has 2 unspecified atom stereocenters. The Morgan fingerprint density at radius 2 is 2.31 bits per heavy atom. The molecule has 76 valence electrons. The van der Waals surface area contributed by atoms with E-state index in [0.29, 0.717) is 25.1 Å². The Bertz CT molecular complexity index is 173. The van der Waals surface area contributed by atoms with Crippen LogP contribution in [0.4, 0.5) is 0 Å². The maximum atomic E-state index is 11.2. The molecule has 0 bridgehead atoms. The number of carbonyl (C=O) groups excluding carboxylic acids is 1. The number of hydrogen-bond donors (Lipinski definition) is 2. The van der Waals surface area contributed by atoms with Gasteiger partial charge in [-0.15, -0.1) is 0 Å². The Labute approximate surface area is 79.0 Å². The van der Waals surface area contributed by atoms with Crippen molar-refractivity contribution in [2.24, 2.45) is 5.92 Å². The first kappa shape index (κ1) is 10.5. The lowest BCUT2D eigenvalue weighted by molar-refractivity contribution is -0.120. The van der Waals surface area contributed by atoms with E-state index in [1.165, 1.54) is 0 Å². The van der Waals surface area contributed by atoms with Crippen LogP contribution in [-0.2, 0) is 9.53 Å². The summed E-state index contributed by atoms with van der Waals surface area (Å²) in [5.74, 6) is 0.758. The predicted molar refractivity (Wildman–Crippen MR) is 50.5 cm³/mol. The van der Waals surface area contributed by atoms with E-state index in [0.717, 1.165) is 13.0 Å². The molecule has 2 N–H and O–H groups in total. The highest BCUT2D eigenvalue weighted by Gasteiger charge is 2.33. The van der Waals surface area contributed by atoms with Crippen molar-refractivity contribution in [3.63, 3.8) is 0 Å². The molecule has 0 aromatic heterocycles. The summed E-state index contributed by atoms with van der Waals surface area (Å²) in [7, 11) is 1.65. The smallest absolute Gasteiger partial charge is 0.234 e. The van der Waals surface area contributed by atoms with Gasteiger partial charge in [-0.05, 0) is 12.3 Å². The second kappa shape index (κ2) is 5.19. The first-order valence-electron chi connectivity index (χ1n) is 4.73. The number of hydrogen-bond acceptors (Lipinski definition) is 3. The van der Waals surface area contributed by atoms with E-state index in [2.05, 4.69) is 17.6 Å². The molecule has 0 aromatic carbocycles. The van der Waals surface area contributed by atoms with Crippen molar-refractivity contribution in [1.29, 1.82) is 0 Å². The molecule has 1 rings (SSSR count). The van der Waals surface area contributed by atoms with E-state index in [1.807, 2.05) is 0 Å². The molecule has 0 aromatic rings. The van der Waals surface area contributed by atoms with Crippen LogP contribution >= 0.6 is 0 Å². The topological polar surface area (TPSA) is 50.4 Å². The number of amides is 1. The molecule has 1 aliphatic rings. The second-order valence-corrected chi connectivity index (χ2v) is 3.56. The zero-order chi connectivity index (χ0) is 9.68. The highest BCUT2D eigenvalue weighted by atomic mass is 16.5. The second-order valence-electron chi connectivity index (χ2n) is 3.56. The van der Waals surface area contributed by atoms with Gasteiger partial charge in [0.1, 0.15) is 0 Å². The molecule has 4 heteroatoms. The van der Waals surface area contributed by atoms with Crippen molar-refractivity contribution in [2.75, 3.05) is 26.8 Å². The summed E-state index contributed by atoms with van der Waals surface area (Å²) >= 11 is 0. The minimum atomic E-state index is 0.0884. The minimum absolute atomic E-state index is 0.0884. The average molecular weight is 186 g/mol. The Balaban J connectivity index is 1.92. The summed E-state index contributed by atoms with van der Waals surface area (Å²) in [5, 5.41) is 5.94. The summed E-state index contributed by atoms with van der Waals surface area (Å²) in [6.45, 7) is 3.91. The summed E-state index contributed by atoms with van der Waals surface area (Å²) in [5.41, 5.74) is 0. The third kappa shape index (κ3) is 4.24. The first-order valence-corrected chi connectivity index (χ1v) is 4.73. The Hall–Kier alpha value is -0.610. The van der Waals surface area contributed by atoms with Crippen molar-refractivity contribution >= 4 is 5.91 Å². The molecule has 1 fully saturated rings. The van der Waals surface area contributed by atoms with Crippen LogP contribution in [0.25, 0.3) is 0 Å². The van der Waals surface area contributed by atoms with Crippen LogP contribution in [0.5, 0.6) is 0 Å². The molecule has 4 nitrogen and oxygen atoms in total. The van der Waals surface area contributed by atoms with Crippen molar-refractivity contribution < 1.29 is 9.53 Å². The number of carbonyl (C=O) groups is 1. The Morgan fingerprint density at radius 1 is 1.62 bits per heavy atom. The van der Waals surface area contributed by atoms with Gasteiger partial charge in [0.2, 0.25) is 5.91 Å². The highest BCUT2D eigenvalue weighted by molar-refractivity contribution is 5.78. The lowest BCUT2D eigenvalue weighted by atomic mass is 10.4. The number of ether oxygens (including phenoxy) is 1. The van der Waals surface area contributed by atoms with Gasteiger partial charge in [0, 0.05) is 19.7 Å². The van der Waals surface area contributed by atoms with Gasteiger partial charge < -0.3 is 15.4 Å². The van der Waals surface area contributed by atoms with Gasteiger partial charge in [-0.3, -0.25) is 4.79 Å². The number of nitrogens with one attached hydrogen (secondary N) is 2. The quantitative estimate of drug-likeness (QED) is 0.562. The molecule has 0 saturated heterocycles. The van der Waals surface area contributed by atoms with Crippen LogP contribution in [0.1, 0.15) is 13.3 Å². The summed E-state index contributed by atoms with van der Waals surface area (Å²) in [6, 6.07) is 0.428. The van der Waals surface area contributed by atoms with Gasteiger partial charge in [0.25, 0.3) is 0 Å². The molecule has 2 atom stereocenters. The minimum Gasteiger partial charge on any atom is -0.383 e. The maximum absolute atomic E-state index is 11.2. The van der Waals surface area contributed by atoms with Crippen molar-refractivity contribution in [3.05, 3.63) is 0 Å². The predicted octanol–water partition coefficient (Wildman–Crippen LogP) is -0.253. The maximum Gasteiger partial charge on any atom is 0.234 e. The SMILES string of the molecule is COCCNCC(=O)NC1CC1C. The molecule has 1 aliphatic carbocycles. The van der Waals surface area contributed by atoms with E-state index in [4.69, 9.17) is 4.74 Å². The zero-order valence-electron chi connectivity index (χ0n) is 8.30. The average Bonchev–Trinajstić information content (AvgIpc) is 2.76. The largest absolute Gasteiger partial charge is 0.383 e. The molecular weight excluding hydrogens is 168 g/mol. The van der Waals surface area contributed by atoms with E-state index in [1.54, 1.807) is 7.11 Å². The summed E-state index contributed by atoms with van der Waals surface area (Å²) in [6.07, 6.45) is 1.13. The van der Waals surface area contributed by atoms with Crippen molar-refractivity contribution in [2.45, 2.75) is 19.4 Å². The normalized spacial score (nSPS) is 25.7. The number of methoxy groups -OCH3 is 1. The standard InChI is InChI=1S/C9H18N2O2/c1-7-5-8(7)11-9(12)6-10-3-4-13-2/h7-8,10H,3-6H2,1-2H3,(H,11,12). The van der Waals surface area contributed by atoms with Crippen LogP contribution in [0.15, 0.2) is 0 Å². The van der Waals surface area contributed by atoms with Gasteiger partial charge in [-0.1, -0.05) is 6.92 Å². The Kier molecular flexibility index (Phi) is 4.18. The Morgan fingerprint density at radius 3 is 2.85 bits per heavy atom. The fraction of sp³-hybridized carbons (Fsp3) is 0.889. The van der Waals surface area contributed by atoms with Gasteiger partial charge in [0.15, 0.2) is 0 Å². The fourth-order valence-electron chi connectivity index (χ4n) is 1.16. The van der Waals surface area contributed by atoms with Crippen molar-refractivity contribution in [1.82, 2.24) is 10.6 Å². The number of rotatable bonds is 6. The molecule has 1 saturated carbocycles.